The van der Waals surface area contributed by atoms with Gasteiger partial charge in [-0.25, -0.2) is 0 Å². The molecule has 1 aromatic heterocycles. The van der Waals surface area contributed by atoms with Gasteiger partial charge in [0.1, 0.15) is 0 Å². The summed E-state index contributed by atoms with van der Waals surface area (Å²) in [6.45, 7) is 6.70. The largest absolute Gasteiger partial charge is 0.378 e. The van der Waals surface area contributed by atoms with E-state index in [1.54, 1.807) is 12.1 Å². The van der Waals surface area contributed by atoms with Crippen molar-refractivity contribution in [2.75, 3.05) is 41.8 Å². The lowest BCUT2D eigenvalue weighted by molar-refractivity contribution is 0.122. The van der Waals surface area contributed by atoms with Crippen molar-refractivity contribution in [1.82, 2.24) is 15.0 Å². The van der Waals surface area contributed by atoms with E-state index in [0.717, 1.165) is 33.6 Å². The van der Waals surface area contributed by atoms with Gasteiger partial charge in [0.25, 0.3) is 0 Å². The number of anilines is 5. The molecule has 1 saturated heterocycles. The SMILES string of the molecule is Cc1cc(-c2ccc(C#N)cc2)cc(C)c1Nc1nc(Nc2ccc(C#N)cc2)nc(N2CCOCC2)n1. The lowest BCUT2D eigenvalue weighted by atomic mass is 9.98. The average Bonchev–Trinajstić information content (AvgIpc) is 2.95. The molecule has 0 spiro atoms. The molecule has 4 aromatic rings. The Hall–Kier alpha value is -4.99. The highest BCUT2D eigenvalue weighted by Crippen LogP contribution is 2.31. The van der Waals surface area contributed by atoms with Gasteiger partial charge in [-0.2, -0.15) is 25.5 Å². The van der Waals surface area contributed by atoms with Crippen LogP contribution in [0.1, 0.15) is 22.3 Å². The van der Waals surface area contributed by atoms with Crippen LogP contribution in [0.4, 0.5) is 29.2 Å². The number of hydrogen-bond acceptors (Lipinski definition) is 9. The summed E-state index contributed by atoms with van der Waals surface area (Å²) in [5.74, 6) is 1.39. The summed E-state index contributed by atoms with van der Waals surface area (Å²) in [5, 5.41) is 24.8. The number of ether oxygens (including phenoxy) is 1. The first kappa shape index (κ1) is 24.7. The maximum Gasteiger partial charge on any atom is 0.233 e. The van der Waals surface area contributed by atoms with Crippen LogP contribution in [0.5, 0.6) is 0 Å². The van der Waals surface area contributed by atoms with E-state index in [-0.39, 0.29) is 0 Å². The van der Waals surface area contributed by atoms with E-state index in [1.165, 1.54) is 0 Å². The molecule has 1 aliphatic rings. The molecule has 38 heavy (non-hydrogen) atoms. The number of aryl methyl sites for hydroxylation is 2. The second kappa shape index (κ2) is 11.0. The summed E-state index contributed by atoms with van der Waals surface area (Å²) < 4.78 is 5.50. The Morgan fingerprint density at radius 1 is 0.737 bits per heavy atom. The van der Waals surface area contributed by atoms with Gasteiger partial charge in [-0.1, -0.05) is 12.1 Å². The highest BCUT2D eigenvalue weighted by atomic mass is 16.5. The monoisotopic (exact) mass is 502 g/mol. The van der Waals surface area contributed by atoms with Gasteiger partial charge in [0.05, 0.1) is 36.5 Å². The van der Waals surface area contributed by atoms with E-state index in [9.17, 15) is 0 Å². The lowest BCUT2D eigenvalue weighted by Crippen LogP contribution is -2.37. The molecule has 0 amide bonds. The Bertz CT molecular complexity index is 1510. The Labute approximate surface area is 221 Å². The van der Waals surface area contributed by atoms with Crippen LogP contribution >= 0.6 is 0 Å². The first-order valence-electron chi connectivity index (χ1n) is 12.3. The Kier molecular flexibility index (Phi) is 7.12. The second-order valence-corrected chi connectivity index (χ2v) is 9.00. The standard InChI is InChI=1S/C29H26N8O/c1-19-15-24(23-7-3-21(17-30)4-8-23)16-20(2)26(19)33-28-34-27(32-25-9-5-22(18-31)6-10-25)35-29(36-28)37-11-13-38-14-12-37/h3-10,15-16H,11-14H2,1-2H3,(H2,32,33,34,35,36). The normalized spacial score (nSPS) is 12.9. The maximum atomic E-state index is 9.09. The molecule has 188 valence electrons. The summed E-state index contributed by atoms with van der Waals surface area (Å²) in [4.78, 5) is 16.1. The summed E-state index contributed by atoms with van der Waals surface area (Å²) in [6, 6.07) is 23.2. The number of nitrogens with one attached hydrogen (secondary N) is 2. The van der Waals surface area contributed by atoms with Crippen molar-refractivity contribution >= 4 is 29.2 Å². The number of rotatable bonds is 6. The van der Waals surface area contributed by atoms with Gasteiger partial charge < -0.3 is 20.3 Å². The minimum absolute atomic E-state index is 0.401. The van der Waals surface area contributed by atoms with E-state index in [1.807, 2.05) is 50.2 Å². The first-order chi connectivity index (χ1) is 18.5. The summed E-state index contributed by atoms with van der Waals surface area (Å²) in [6.07, 6.45) is 0. The molecule has 0 bridgehead atoms. The van der Waals surface area contributed by atoms with Crippen LogP contribution in [0.2, 0.25) is 0 Å². The maximum absolute atomic E-state index is 9.09. The van der Waals surface area contributed by atoms with Gasteiger partial charge in [0, 0.05) is 24.5 Å². The van der Waals surface area contributed by atoms with Crippen molar-refractivity contribution in [2.45, 2.75) is 13.8 Å². The van der Waals surface area contributed by atoms with E-state index >= 15 is 0 Å². The predicted molar refractivity (Wildman–Crippen MR) is 147 cm³/mol. The van der Waals surface area contributed by atoms with Crippen molar-refractivity contribution in [2.24, 2.45) is 0 Å². The molecule has 9 nitrogen and oxygen atoms in total. The fourth-order valence-corrected chi connectivity index (χ4v) is 4.31. The first-order valence-corrected chi connectivity index (χ1v) is 12.3. The third kappa shape index (κ3) is 5.54. The third-order valence-electron chi connectivity index (χ3n) is 6.30. The zero-order chi connectivity index (χ0) is 26.5. The van der Waals surface area contributed by atoms with Crippen molar-refractivity contribution in [3.8, 4) is 23.3 Å². The summed E-state index contributed by atoms with van der Waals surface area (Å²) in [5.41, 5.74) is 7.11. The zero-order valence-corrected chi connectivity index (χ0v) is 21.2. The van der Waals surface area contributed by atoms with Crippen LogP contribution in [0.3, 0.4) is 0 Å². The molecule has 3 aromatic carbocycles. The van der Waals surface area contributed by atoms with Crippen LogP contribution in [0.15, 0.2) is 60.7 Å². The zero-order valence-electron chi connectivity index (χ0n) is 21.2. The van der Waals surface area contributed by atoms with Gasteiger partial charge >= 0.3 is 0 Å². The highest BCUT2D eigenvalue weighted by molar-refractivity contribution is 5.74. The molecule has 5 rings (SSSR count). The van der Waals surface area contributed by atoms with Gasteiger partial charge in [-0.3, -0.25) is 0 Å². The number of hydrogen-bond donors (Lipinski definition) is 2. The number of benzene rings is 3. The third-order valence-corrected chi connectivity index (χ3v) is 6.30. The molecule has 2 N–H and O–H groups in total. The van der Waals surface area contributed by atoms with Crippen LogP contribution in [0, 0.1) is 36.5 Å². The lowest BCUT2D eigenvalue weighted by Gasteiger charge is -2.27. The molecular weight excluding hydrogens is 476 g/mol. The highest BCUT2D eigenvalue weighted by Gasteiger charge is 2.18. The predicted octanol–water partition coefficient (Wildman–Crippen LogP) is 5.22. The second-order valence-electron chi connectivity index (χ2n) is 9.00. The average molecular weight is 503 g/mol. The Morgan fingerprint density at radius 3 is 1.87 bits per heavy atom. The number of nitriles is 2. The Morgan fingerprint density at radius 2 is 1.29 bits per heavy atom. The minimum Gasteiger partial charge on any atom is -0.378 e. The van der Waals surface area contributed by atoms with Crippen molar-refractivity contribution in [3.63, 3.8) is 0 Å². The minimum atomic E-state index is 0.401. The van der Waals surface area contributed by atoms with Crippen LogP contribution in [0.25, 0.3) is 11.1 Å². The van der Waals surface area contributed by atoms with Gasteiger partial charge in [0.15, 0.2) is 0 Å². The molecule has 0 aliphatic carbocycles. The van der Waals surface area contributed by atoms with Crippen LogP contribution in [-0.4, -0.2) is 41.3 Å². The van der Waals surface area contributed by atoms with Crippen molar-refractivity contribution in [1.29, 1.82) is 10.5 Å². The van der Waals surface area contributed by atoms with Gasteiger partial charge in [0.2, 0.25) is 17.8 Å². The summed E-state index contributed by atoms with van der Waals surface area (Å²) in [7, 11) is 0. The fourth-order valence-electron chi connectivity index (χ4n) is 4.31. The van der Waals surface area contributed by atoms with Gasteiger partial charge in [-0.15, -0.1) is 0 Å². The molecule has 0 unspecified atom stereocenters. The van der Waals surface area contributed by atoms with Crippen LogP contribution < -0.4 is 15.5 Å². The molecule has 2 heterocycles. The number of nitrogens with zero attached hydrogens (tertiary/aromatic N) is 6. The topological polar surface area (TPSA) is 123 Å². The Balaban J connectivity index is 1.46. The molecule has 0 atom stereocenters. The molecular formula is C29H26N8O. The van der Waals surface area contributed by atoms with E-state index in [2.05, 4.69) is 49.8 Å². The molecule has 1 fully saturated rings. The summed E-state index contributed by atoms with van der Waals surface area (Å²) >= 11 is 0. The number of morpholine rings is 1. The van der Waals surface area contributed by atoms with E-state index < -0.39 is 0 Å². The van der Waals surface area contributed by atoms with E-state index in [4.69, 9.17) is 20.2 Å². The molecule has 1 aliphatic heterocycles. The van der Waals surface area contributed by atoms with Crippen molar-refractivity contribution < 1.29 is 4.74 Å². The van der Waals surface area contributed by atoms with Crippen LogP contribution in [-0.2, 0) is 4.74 Å². The molecule has 0 radical (unpaired) electrons. The van der Waals surface area contributed by atoms with Gasteiger partial charge in [-0.05, 0) is 84.6 Å². The molecule has 0 saturated carbocycles. The van der Waals surface area contributed by atoms with E-state index in [0.29, 0.717) is 55.3 Å². The smallest absolute Gasteiger partial charge is 0.233 e. The molecule has 9 heteroatoms. The quantitative estimate of drug-likeness (QED) is 0.365. The number of aromatic nitrogens is 3. The fraction of sp³-hybridized carbons (Fsp3) is 0.207. The van der Waals surface area contributed by atoms with Crippen molar-refractivity contribution in [3.05, 3.63) is 82.9 Å².